The van der Waals surface area contributed by atoms with Crippen LogP contribution in [0, 0.1) is 5.92 Å². The highest BCUT2D eigenvalue weighted by molar-refractivity contribution is 6.35. The van der Waals surface area contributed by atoms with Crippen LogP contribution >= 0.6 is 23.2 Å². The Morgan fingerprint density at radius 2 is 1.86 bits per heavy atom. The van der Waals surface area contributed by atoms with Crippen LogP contribution in [0.3, 0.4) is 0 Å². The van der Waals surface area contributed by atoms with Crippen LogP contribution < -0.4 is 15.0 Å². The summed E-state index contributed by atoms with van der Waals surface area (Å²) in [7, 11) is 1.32. The molecule has 236 valence electrons. The zero-order valence-electron chi connectivity index (χ0n) is 24.9. The van der Waals surface area contributed by atoms with Gasteiger partial charge in [-0.15, -0.1) is 0 Å². The van der Waals surface area contributed by atoms with Gasteiger partial charge in [0.25, 0.3) is 0 Å². The normalized spacial score (nSPS) is 20.9. The van der Waals surface area contributed by atoms with Crippen molar-refractivity contribution in [2.24, 2.45) is 5.92 Å². The topological polar surface area (TPSA) is 107 Å². The third-order valence-electron chi connectivity index (χ3n) is 7.76. The number of imidazole rings is 1. The van der Waals surface area contributed by atoms with E-state index >= 15 is 0 Å². The Labute approximate surface area is 266 Å². The van der Waals surface area contributed by atoms with E-state index in [1.165, 1.54) is 7.11 Å². The van der Waals surface area contributed by atoms with Gasteiger partial charge in [0.15, 0.2) is 0 Å². The highest BCUT2D eigenvalue weighted by Crippen LogP contribution is 2.40. The van der Waals surface area contributed by atoms with Gasteiger partial charge in [0.2, 0.25) is 5.79 Å². The number of hydrogen-bond acceptors (Lipinski definition) is 8. The average molecular weight is 647 g/mol. The molecule has 0 aliphatic carbocycles. The van der Waals surface area contributed by atoms with Crippen LogP contribution in [0.5, 0.6) is 5.75 Å². The average Bonchev–Trinajstić information content (AvgIpc) is 3.69. The fraction of sp³-hybridized carbons (Fsp3) is 0.452. The van der Waals surface area contributed by atoms with Crippen molar-refractivity contribution in [2.75, 3.05) is 51.4 Å². The number of nitrogens with zero attached hydrogens (tertiary/aromatic N) is 4. The molecule has 13 heteroatoms. The summed E-state index contributed by atoms with van der Waals surface area (Å²) in [4.78, 5) is 32.9. The molecule has 0 spiro atoms. The summed E-state index contributed by atoms with van der Waals surface area (Å²) >= 11 is 12.7. The second-order valence-corrected chi connectivity index (χ2v) is 12.0. The molecule has 3 unspecified atom stereocenters. The van der Waals surface area contributed by atoms with Gasteiger partial charge in [0, 0.05) is 54.8 Å². The summed E-state index contributed by atoms with van der Waals surface area (Å²) < 4.78 is 25.5. The molecule has 0 bridgehead atoms. The van der Waals surface area contributed by atoms with Crippen molar-refractivity contribution >= 4 is 40.9 Å². The number of ether oxygens (including phenoxy) is 4. The summed E-state index contributed by atoms with van der Waals surface area (Å²) in [5, 5.41) is 3.79. The van der Waals surface area contributed by atoms with E-state index in [1.807, 2.05) is 54.9 Å². The molecular weight excluding hydrogens is 609 g/mol. The monoisotopic (exact) mass is 645 g/mol. The minimum Gasteiger partial charge on any atom is -0.491 e. The van der Waals surface area contributed by atoms with Crippen molar-refractivity contribution in [3.8, 4) is 5.75 Å². The van der Waals surface area contributed by atoms with Crippen molar-refractivity contribution < 1.29 is 28.5 Å². The molecule has 3 aromatic rings. The minimum atomic E-state index is -1.12. The maximum absolute atomic E-state index is 12.8. The van der Waals surface area contributed by atoms with Crippen molar-refractivity contribution in [2.45, 2.75) is 38.3 Å². The highest BCUT2D eigenvalue weighted by atomic mass is 35.5. The van der Waals surface area contributed by atoms with Gasteiger partial charge in [-0.05, 0) is 42.3 Å². The first-order valence-corrected chi connectivity index (χ1v) is 15.3. The Kier molecular flexibility index (Phi) is 10.2. The lowest BCUT2D eigenvalue weighted by molar-refractivity contribution is -0.189. The molecule has 1 aromatic heterocycles. The molecule has 2 amide bonds. The van der Waals surface area contributed by atoms with Crippen LogP contribution in [0.1, 0.15) is 19.4 Å². The number of methoxy groups -OCH3 is 1. The number of urea groups is 1. The number of esters is 1. The van der Waals surface area contributed by atoms with Gasteiger partial charge in [-0.25, -0.2) is 14.6 Å². The van der Waals surface area contributed by atoms with Crippen molar-refractivity contribution in [3.63, 3.8) is 0 Å². The molecular formula is C31H37Cl2N5O6. The zero-order valence-corrected chi connectivity index (χ0v) is 26.5. The van der Waals surface area contributed by atoms with E-state index in [-0.39, 0.29) is 24.7 Å². The highest BCUT2D eigenvalue weighted by Gasteiger charge is 2.45. The molecule has 44 heavy (non-hydrogen) atoms. The maximum atomic E-state index is 12.8. The van der Waals surface area contributed by atoms with E-state index in [2.05, 4.69) is 15.2 Å². The number of piperazine rings is 1. The fourth-order valence-electron chi connectivity index (χ4n) is 5.33. The molecule has 2 saturated heterocycles. The second-order valence-electron chi connectivity index (χ2n) is 11.1. The van der Waals surface area contributed by atoms with Gasteiger partial charge < -0.3 is 38.6 Å². The third-order valence-corrected chi connectivity index (χ3v) is 8.30. The first kappa shape index (κ1) is 31.9. The molecule has 2 fully saturated rings. The molecule has 1 N–H and O–H groups in total. The van der Waals surface area contributed by atoms with Crippen LogP contribution in [-0.4, -0.2) is 85.1 Å². The summed E-state index contributed by atoms with van der Waals surface area (Å²) in [5.41, 5.74) is 1.72. The number of nitrogens with one attached hydrogen (secondary N) is 1. The van der Waals surface area contributed by atoms with Gasteiger partial charge in [-0.1, -0.05) is 43.1 Å². The molecule has 5 rings (SSSR count). The van der Waals surface area contributed by atoms with Gasteiger partial charge in [-0.2, -0.15) is 0 Å². The third kappa shape index (κ3) is 7.40. The summed E-state index contributed by atoms with van der Waals surface area (Å²) in [6.07, 6.45) is 4.90. The van der Waals surface area contributed by atoms with E-state index in [0.29, 0.717) is 60.7 Å². The number of benzene rings is 2. The number of halogens is 2. The fourth-order valence-corrected chi connectivity index (χ4v) is 5.89. The van der Waals surface area contributed by atoms with E-state index < -0.39 is 17.8 Å². The van der Waals surface area contributed by atoms with E-state index in [9.17, 15) is 9.59 Å². The van der Waals surface area contributed by atoms with Crippen LogP contribution in [0.25, 0.3) is 0 Å². The summed E-state index contributed by atoms with van der Waals surface area (Å²) in [6.45, 7) is 7.10. The van der Waals surface area contributed by atoms with Gasteiger partial charge >= 0.3 is 12.0 Å². The van der Waals surface area contributed by atoms with Crippen molar-refractivity contribution in [1.29, 1.82) is 0 Å². The Bertz CT molecular complexity index is 1420. The smallest absolute Gasteiger partial charge is 0.328 e. The molecule has 0 radical (unpaired) electrons. The number of amides is 2. The largest absolute Gasteiger partial charge is 0.491 e. The van der Waals surface area contributed by atoms with Crippen molar-refractivity contribution in [1.82, 2.24) is 19.8 Å². The van der Waals surface area contributed by atoms with Crippen LogP contribution in [0.2, 0.25) is 10.0 Å². The number of carbonyl (C=O) groups is 2. The first-order chi connectivity index (χ1) is 21.2. The molecule has 2 aromatic carbocycles. The lowest BCUT2D eigenvalue weighted by Gasteiger charge is -2.36. The molecule has 3 atom stereocenters. The Morgan fingerprint density at radius 1 is 1.11 bits per heavy atom. The number of anilines is 1. The van der Waals surface area contributed by atoms with Crippen molar-refractivity contribution in [3.05, 3.63) is 76.8 Å². The van der Waals surface area contributed by atoms with E-state index in [1.54, 1.807) is 29.6 Å². The SMILES string of the molecule is COC(=O)C(NC(=O)N1CCN(c2ccc(OCC3COC(Cn4ccnc4)(c4ccc(Cl)cc4Cl)O3)cc2)CC1)C(C)C. The number of rotatable bonds is 10. The summed E-state index contributed by atoms with van der Waals surface area (Å²) in [6, 6.07) is 12.2. The van der Waals surface area contributed by atoms with Gasteiger partial charge in [0.1, 0.15) is 24.5 Å². The maximum Gasteiger partial charge on any atom is 0.328 e. The summed E-state index contributed by atoms with van der Waals surface area (Å²) in [5.74, 6) is -0.933. The first-order valence-electron chi connectivity index (χ1n) is 14.5. The number of hydrogen-bond donors (Lipinski definition) is 1. The minimum absolute atomic E-state index is 0.0759. The number of carbonyl (C=O) groups excluding carboxylic acids is 2. The lowest BCUT2D eigenvalue weighted by atomic mass is 10.1. The molecule has 3 heterocycles. The number of aromatic nitrogens is 2. The predicted molar refractivity (Wildman–Crippen MR) is 166 cm³/mol. The molecule has 2 aliphatic rings. The van der Waals surface area contributed by atoms with Gasteiger partial charge in [0.05, 0.1) is 31.6 Å². The zero-order chi connectivity index (χ0) is 31.3. The van der Waals surface area contributed by atoms with Gasteiger partial charge in [-0.3, -0.25) is 0 Å². The van der Waals surface area contributed by atoms with Crippen LogP contribution in [0.4, 0.5) is 10.5 Å². The quantitative estimate of drug-likeness (QED) is 0.320. The second kappa shape index (κ2) is 14.1. The van der Waals surface area contributed by atoms with E-state index in [4.69, 9.17) is 42.1 Å². The predicted octanol–water partition coefficient (Wildman–Crippen LogP) is 4.57. The standard InChI is InChI=1S/C31H37Cl2N5O6/c1-21(2)28(29(39)41-3)35-30(40)38-14-12-37(13-15-38)23-5-7-24(8-6-23)42-17-25-18-43-31(44-25,19-36-11-10-34-20-36)26-9-4-22(32)16-27(26)33/h4-11,16,20-21,25,28H,12-15,17-19H2,1-3H3,(H,35,40). The Hall–Kier alpha value is -3.51. The Morgan fingerprint density at radius 3 is 2.50 bits per heavy atom. The molecule has 2 aliphatic heterocycles. The Balaban J connectivity index is 1.14. The van der Waals surface area contributed by atoms with Crippen LogP contribution in [0.15, 0.2) is 61.2 Å². The van der Waals surface area contributed by atoms with E-state index in [0.717, 1.165) is 5.69 Å². The van der Waals surface area contributed by atoms with Crippen LogP contribution in [-0.2, 0) is 31.3 Å². The molecule has 0 saturated carbocycles. The molecule has 11 nitrogen and oxygen atoms in total. The lowest BCUT2D eigenvalue weighted by Crippen LogP contribution is -2.55.